The van der Waals surface area contributed by atoms with Crippen LogP contribution in [-0.4, -0.2) is 22.6 Å². The van der Waals surface area contributed by atoms with Crippen molar-refractivity contribution in [2.75, 3.05) is 0 Å². The second kappa shape index (κ2) is 5.90. The summed E-state index contributed by atoms with van der Waals surface area (Å²) in [5.41, 5.74) is 0. The van der Waals surface area contributed by atoms with E-state index in [1.807, 2.05) is 0 Å². The van der Waals surface area contributed by atoms with Gasteiger partial charge in [0.1, 0.15) is 18.1 Å². The zero-order chi connectivity index (χ0) is 14.0. The van der Waals surface area contributed by atoms with E-state index < -0.39 is 5.25 Å². The van der Waals surface area contributed by atoms with E-state index >= 15 is 0 Å². The zero-order valence-corrected chi connectivity index (χ0v) is 11.2. The molecule has 2 fully saturated rings. The van der Waals surface area contributed by atoms with Crippen LogP contribution in [0.3, 0.4) is 0 Å². The highest BCUT2D eigenvalue weighted by molar-refractivity contribution is 7.95. The first-order valence-electron chi connectivity index (χ1n) is 6.12. The number of fused-ring (bicyclic) bond motifs is 2. The number of hydrogen-bond donors (Lipinski definition) is 1. The van der Waals surface area contributed by atoms with E-state index in [0.29, 0.717) is 12.8 Å². The van der Waals surface area contributed by atoms with Gasteiger partial charge in [0, 0.05) is 13.3 Å². The average Bonchev–Trinajstić information content (AvgIpc) is 2.84. The minimum Gasteiger partial charge on any atom is -0.462 e. The van der Waals surface area contributed by atoms with Crippen molar-refractivity contribution in [1.82, 2.24) is 0 Å². The van der Waals surface area contributed by atoms with Crippen LogP contribution in [-0.2, 0) is 18.9 Å². The zero-order valence-electron chi connectivity index (χ0n) is 10.4. The molecule has 0 saturated heterocycles. The molecule has 4 atom stereocenters. The molecule has 4 unspecified atom stereocenters. The summed E-state index contributed by atoms with van der Waals surface area (Å²) in [5.74, 6) is -0.0735. The normalized spacial score (nSPS) is 33.7. The Kier molecular flexibility index (Phi) is 4.65. The van der Waals surface area contributed by atoms with Crippen LogP contribution in [0.1, 0.15) is 32.6 Å². The van der Waals surface area contributed by atoms with Crippen molar-refractivity contribution < 1.29 is 32.9 Å². The second-order valence-electron chi connectivity index (χ2n) is 5.20. The topological polar surface area (TPSA) is 65.0 Å². The molecule has 110 valence electrons. The van der Waals surface area contributed by atoms with Crippen LogP contribution < -0.4 is 0 Å². The van der Waals surface area contributed by atoms with Crippen LogP contribution in [0.2, 0.25) is 0 Å². The van der Waals surface area contributed by atoms with Crippen molar-refractivity contribution in [3.05, 3.63) is 0 Å². The van der Waals surface area contributed by atoms with Gasteiger partial charge in [-0.2, -0.15) is 8.78 Å². The van der Waals surface area contributed by atoms with Crippen molar-refractivity contribution in [3.63, 3.8) is 0 Å². The van der Waals surface area contributed by atoms with Gasteiger partial charge in [0.05, 0.1) is 0 Å². The summed E-state index contributed by atoms with van der Waals surface area (Å²) in [6.45, 7) is 1.36. The van der Waals surface area contributed by atoms with Crippen molar-refractivity contribution in [2.45, 2.75) is 44.0 Å². The number of hydrogen-bond acceptors (Lipinski definition) is 6. The van der Waals surface area contributed by atoms with Crippen molar-refractivity contribution in [3.8, 4) is 0 Å². The lowest BCUT2D eigenvalue weighted by molar-refractivity contribution is -0.433. The summed E-state index contributed by atoms with van der Waals surface area (Å²) in [7, 11) is 0. The third-order valence-electron chi connectivity index (χ3n) is 3.94. The molecule has 0 heterocycles. The molecule has 0 amide bonds. The monoisotopic (exact) mass is 298 g/mol. The quantitative estimate of drug-likeness (QED) is 0.352. The van der Waals surface area contributed by atoms with E-state index in [-0.39, 0.29) is 48.3 Å². The Balaban J connectivity index is 1.82. The first-order chi connectivity index (χ1) is 8.91. The molecule has 0 aromatic rings. The van der Waals surface area contributed by atoms with Crippen molar-refractivity contribution in [1.29, 1.82) is 0 Å². The molecule has 1 N–H and O–H groups in total. The number of halogens is 2. The van der Waals surface area contributed by atoms with E-state index in [1.54, 1.807) is 0 Å². The predicted molar refractivity (Wildman–Crippen MR) is 61.8 cm³/mol. The average molecular weight is 298 g/mol. The maximum atomic E-state index is 13.5. The molecule has 5 nitrogen and oxygen atoms in total. The molecule has 0 aromatic heterocycles. The summed E-state index contributed by atoms with van der Waals surface area (Å²) in [6, 6.07) is 0. The minimum atomic E-state index is -3.10. The first-order valence-corrected chi connectivity index (χ1v) is 6.86. The number of rotatable bonds is 6. The molecule has 2 bridgehead atoms. The molecule has 0 aliphatic heterocycles. The van der Waals surface area contributed by atoms with E-state index in [2.05, 4.69) is 9.37 Å². The van der Waals surface area contributed by atoms with Gasteiger partial charge in [-0.3, -0.25) is 4.79 Å². The van der Waals surface area contributed by atoms with Gasteiger partial charge in [0.15, 0.2) is 0 Å². The van der Waals surface area contributed by atoms with Gasteiger partial charge in [-0.15, -0.1) is 4.33 Å². The lowest BCUT2D eigenvalue weighted by Crippen LogP contribution is -2.29. The fraction of sp³-hybridized carbons (Fsp3) is 0.909. The van der Waals surface area contributed by atoms with Gasteiger partial charge >= 0.3 is 11.2 Å². The smallest absolute Gasteiger partial charge is 0.321 e. The van der Waals surface area contributed by atoms with E-state index in [1.165, 1.54) is 6.92 Å². The van der Waals surface area contributed by atoms with Crippen LogP contribution in [0, 0.1) is 17.8 Å². The highest BCUT2D eigenvalue weighted by Gasteiger charge is 2.50. The third kappa shape index (κ3) is 3.77. The van der Waals surface area contributed by atoms with E-state index in [4.69, 9.17) is 9.99 Å². The highest BCUT2D eigenvalue weighted by atomic mass is 32.2. The molecule has 0 spiro atoms. The van der Waals surface area contributed by atoms with Gasteiger partial charge < -0.3 is 4.74 Å². The summed E-state index contributed by atoms with van der Waals surface area (Å²) in [6.07, 6.45) is 1.69. The maximum absolute atomic E-state index is 13.5. The highest BCUT2D eigenvalue weighted by Crippen LogP contribution is 2.53. The molecule has 2 aliphatic carbocycles. The summed E-state index contributed by atoms with van der Waals surface area (Å²) in [4.78, 5) is 10.9. The lowest BCUT2D eigenvalue weighted by Gasteiger charge is -2.29. The first kappa shape index (κ1) is 15.0. The van der Waals surface area contributed by atoms with Crippen molar-refractivity contribution >= 4 is 18.0 Å². The Labute approximate surface area is 113 Å². The Morgan fingerprint density at radius 1 is 1.37 bits per heavy atom. The number of carbonyl (C=O) groups excluding carboxylic acids is 1. The van der Waals surface area contributed by atoms with Crippen molar-refractivity contribution in [2.24, 2.45) is 17.8 Å². The second-order valence-corrected chi connectivity index (χ2v) is 6.10. The van der Waals surface area contributed by atoms with Crippen LogP contribution in [0.4, 0.5) is 8.78 Å². The number of ether oxygens (including phenoxy) is 1. The van der Waals surface area contributed by atoms with Gasteiger partial charge in [-0.25, -0.2) is 5.26 Å². The molecule has 2 rings (SSSR count). The number of alkyl halides is 2. The summed E-state index contributed by atoms with van der Waals surface area (Å²) >= 11 is -0.187. The minimum absolute atomic E-state index is 0.110. The molecule has 0 radical (unpaired) electrons. The lowest BCUT2D eigenvalue weighted by atomic mass is 9.85. The van der Waals surface area contributed by atoms with Crippen LogP contribution in [0.15, 0.2) is 0 Å². The predicted octanol–water partition coefficient (Wildman–Crippen LogP) is 3.02. The number of esters is 1. The molecular weight excluding hydrogens is 282 g/mol. The Bertz CT molecular complexity index is 341. The Morgan fingerprint density at radius 3 is 2.63 bits per heavy atom. The maximum Gasteiger partial charge on any atom is 0.321 e. The van der Waals surface area contributed by atoms with Gasteiger partial charge in [-0.05, 0) is 37.0 Å². The molecule has 19 heavy (non-hydrogen) atoms. The summed E-state index contributed by atoms with van der Waals surface area (Å²) < 4.78 is 35.9. The third-order valence-corrected chi connectivity index (χ3v) is 4.48. The fourth-order valence-electron chi connectivity index (χ4n) is 3.35. The molecular formula is C11H16F2O5S. The Hall–Kier alpha value is -0.440. The molecule has 2 aliphatic rings. The standard InChI is InChI=1S/C11H16F2O5S/c1-6(14)16-10-4-7-2-8(10)3-9(7)5-11(12,13)19-18-17-15/h7-10,15H,2-5H2,1H3. The van der Waals surface area contributed by atoms with Gasteiger partial charge in [0.2, 0.25) is 0 Å². The Morgan fingerprint density at radius 2 is 2.11 bits per heavy atom. The molecule has 2 saturated carbocycles. The largest absolute Gasteiger partial charge is 0.462 e. The van der Waals surface area contributed by atoms with Crippen LogP contribution in [0.25, 0.3) is 0 Å². The molecule has 0 aromatic carbocycles. The van der Waals surface area contributed by atoms with Gasteiger partial charge in [0.25, 0.3) is 0 Å². The van der Waals surface area contributed by atoms with Crippen LogP contribution in [0.5, 0.6) is 0 Å². The fourth-order valence-corrected chi connectivity index (χ4v) is 3.77. The molecule has 8 heteroatoms. The van der Waals surface area contributed by atoms with E-state index in [9.17, 15) is 13.6 Å². The van der Waals surface area contributed by atoms with E-state index in [0.717, 1.165) is 6.42 Å². The SMILES string of the molecule is CC(=O)OC1CC2CC1CC2CC(F)(F)SOOO. The summed E-state index contributed by atoms with van der Waals surface area (Å²) in [5, 5.41) is 7.98. The van der Waals surface area contributed by atoms with Crippen LogP contribution >= 0.6 is 12.0 Å². The number of carbonyl (C=O) groups is 1. The van der Waals surface area contributed by atoms with Gasteiger partial charge in [-0.1, -0.05) is 5.04 Å².